The highest BCUT2D eigenvalue weighted by atomic mass is 79.9. The molecule has 0 aliphatic carbocycles. The van der Waals surface area contributed by atoms with Gasteiger partial charge in [-0.3, -0.25) is 14.5 Å². The van der Waals surface area contributed by atoms with Crippen LogP contribution in [0.2, 0.25) is 0 Å². The van der Waals surface area contributed by atoms with Gasteiger partial charge in [0.15, 0.2) is 11.5 Å². The van der Waals surface area contributed by atoms with Crippen molar-refractivity contribution >= 4 is 44.9 Å². The minimum absolute atomic E-state index is 0.112. The first-order valence-electron chi connectivity index (χ1n) is 9.98. The Morgan fingerprint density at radius 2 is 1.79 bits per heavy atom. The van der Waals surface area contributed by atoms with E-state index in [9.17, 15) is 14.0 Å². The summed E-state index contributed by atoms with van der Waals surface area (Å²) in [5.41, 5.74) is 1.95. The second-order valence-electron chi connectivity index (χ2n) is 7.18. The van der Waals surface area contributed by atoms with E-state index in [2.05, 4.69) is 15.9 Å². The molecule has 1 aliphatic heterocycles. The van der Waals surface area contributed by atoms with Gasteiger partial charge in [-0.15, -0.1) is 0 Å². The number of nitrogens with zero attached hydrogens (tertiary/aromatic N) is 1. The smallest absolute Gasteiger partial charge is 0.293 e. The molecule has 0 spiro atoms. The second kappa shape index (κ2) is 10.2. The topological polar surface area (TPSA) is 55.8 Å². The highest BCUT2D eigenvalue weighted by molar-refractivity contribution is 9.10. The molecular weight excluding hydrogens is 509 g/mol. The molecule has 8 heteroatoms. The molecule has 1 saturated heterocycles. The molecule has 0 saturated carbocycles. The summed E-state index contributed by atoms with van der Waals surface area (Å²) in [6, 6.07) is 19.1. The number of methoxy groups -OCH3 is 1. The van der Waals surface area contributed by atoms with Crippen LogP contribution < -0.4 is 9.47 Å². The number of imide groups is 1. The fraction of sp³-hybridized carbons (Fsp3) is 0.120. The van der Waals surface area contributed by atoms with Gasteiger partial charge >= 0.3 is 0 Å². The Hall–Kier alpha value is -3.10. The lowest BCUT2D eigenvalue weighted by Crippen LogP contribution is -2.27. The lowest BCUT2D eigenvalue weighted by Gasteiger charge is -2.13. The molecule has 0 atom stereocenters. The zero-order chi connectivity index (χ0) is 23.4. The molecule has 168 valence electrons. The van der Waals surface area contributed by atoms with Crippen molar-refractivity contribution < 1.29 is 23.5 Å². The van der Waals surface area contributed by atoms with Crippen molar-refractivity contribution in [1.29, 1.82) is 0 Å². The van der Waals surface area contributed by atoms with Gasteiger partial charge in [-0.05, 0) is 59.3 Å². The molecular formula is C25H19BrFNO4S. The number of carbonyl (C=O) groups is 2. The van der Waals surface area contributed by atoms with E-state index in [4.69, 9.17) is 9.47 Å². The van der Waals surface area contributed by atoms with Crippen LogP contribution in [0.25, 0.3) is 6.08 Å². The number of amides is 2. The minimum atomic E-state index is -0.457. The number of ether oxygens (including phenoxy) is 2. The van der Waals surface area contributed by atoms with E-state index in [-0.39, 0.29) is 17.0 Å². The Kier molecular flexibility index (Phi) is 7.15. The maximum absolute atomic E-state index is 14.0. The van der Waals surface area contributed by atoms with Gasteiger partial charge in [-0.2, -0.15) is 0 Å². The maximum Gasteiger partial charge on any atom is 0.293 e. The predicted molar refractivity (Wildman–Crippen MR) is 129 cm³/mol. The zero-order valence-corrected chi connectivity index (χ0v) is 20.0. The van der Waals surface area contributed by atoms with Gasteiger partial charge in [0, 0.05) is 10.0 Å². The lowest BCUT2D eigenvalue weighted by atomic mass is 10.1. The molecule has 1 aliphatic rings. The van der Waals surface area contributed by atoms with Gasteiger partial charge in [-0.1, -0.05) is 52.3 Å². The van der Waals surface area contributed by atoms with Crippen LogP contribution in [0, 0.1) is 5.82 Å². The summed E-state index contributed by atoms with van der Waals surface area (Å²) in [4.78, 5) is 26.5. The Labute approximate surface area is 203 Å². The van der Waals surface area contributed by atoms with Gasteiger partial charge in [0.05, 0.1) is 18.6 Å². The van der Waals surface area contributed by atoms with Crippen molar-refractivity contribution in [2.75, 3.05) is 7.11 Å². The lowest BCUT2D eigenvalue weighted by molar-refractivity contribution is -0.123. The molecule has 0 unspecified atom stereocenters. The number of carbonyl (C=O) groups excluding carboxylic acids is 2. The first-order chi connectivity index (χ1) is 15.9. The van der Waals surface area contributed by atoms with Gasteiger partial charge < -0.3 is 9.47 Å². The highest BCUT2D eigenvalue weighted by Crippen LogP contribution is 2.35. The van der Waals surface area contributed by atoms with Gasteiger partial charge in [-0.25, -0.2) is 4.39 Å². The van der Waals surface area contributed by atoms with E-state index in [1.165, 1.54) is 6.07 Å². The first kappa shape index (κ1) is 23.1. The number of benzene rings is 3. The third kappa shape index (κ3) is 5.46. The monoisotopic (exact) mass is 527 g/mol. The molecule has 0 radical (unpaired) electrons. The summed E-state index contributed by atoms with van der Waals surface area (Å²) in [5.74, 6) is 0.154. The molecule has 3 aromatic carbocycles. The number of halogens is 2. The van der Waals surface area contributed by atoms with Gasteiger partial charge in [0.25, 0.3) is 11.1 Å². The quantitative estimate of drug-likeness (QED) is 0.332. The van der Waals surface area contributed by atoms with Crippen molar-refractivity contribution in [2.45, 2.75) is 13.2 Å². The molecule has 1 heterocycles. The van der Waals surface area contributed by atoms with Crippen LogP contribution in [0.5, 0.6) is 11.5 Å². The van der Waals surface area contributed by atoms with Crippen molar-refractivity contribution in [2.24, 2.45) is 0 Å². The van der Waals surface area contributed by atoms with Crippen LogP contribution in [0.3, 0.4) is 0 Å². The summed E-state index contributed by atoms with van der Waals surface area (Å²) in [7, 11) is 1.55. The van der Waals surface area contributed by atoms with E-state index in [1.807, 2.05) is 24.3 Å². The molecule has 0 bridgehead atoms. The third-order valence-electron chi connectivity index (χ3n) is 4.95. The molecule has 0 N–H and O–H groups in total. The maximum atomic E-state index is 14.0. The Morgan fingerprint density at radius 3 is 2.52 bits per heavy atom. The normalized spacial score (nSPS) is 14.8. The largest absolute Gasteiger partial charge is 0.493 e. The third-order valence-corrected chi connectivity index (χ3v) is 6.39. The van der Waals surface area contributed by atoms with Crippen LogP contribution in [0.15, 0.2) is 76.1 Å². The van der Waals surface area contributed by atoms with Crippen LogP contribution >= 0.6 is 27.7 Å². The van der Waals surface area contributed by atoms with E-state index < -0.39 is 17.0 Å². The minimum Gasteiger partial charge on any atom is -0.493 e. The Bertz CT molecular complexity index is 1230. The summed E-state index contributed by atoms with van der Waals surface area (Å²) < 4.78 is 26.3. The molecule has 5 nitrogen and oxygen atoms in total. The number of rotatable bonds is 7. The summed E-state index contributed by atoms with van der Waals surface area (Å²) in [6.07, 6.45) is 1.62. The van der Waals surface area contributed by atoms with Crippen molar-refractivity contribution in [3.8, 4) is 11.5 Å². The van der Waals surface area contributed by atoms with E-state index in [0.717, 1.165) is 26.7 Å². The molecule has 0 aromatic heterocycles. The second-order valence-corrected chi connectivity index (χ2v) is 9.09. The first-order valence-corrected chi connectivity index (χ1v) is 11.6. The van der Waals surface area contributed by atoms with Crippen molar-refractivity contribution in [1.82, 2.24) is 4.90 Å². The zero-order valence-electron chi connectivity index (χ0n) is 17.6. The average molecular weight is 528 g/mol. The SMILES string of the molecule is COc1ccc(/C=C2\SC(=O)N(Cc3ccccc3F)C2=O)cc1OCc1ccc(Br)cc1. The van der Waals surface area contributed by atoms with Crippen molar-refractivity contribution in [3.63, 3.8) is 0 Å². The number of hydrogen-bond donors (Lipinski definition) is 0. The van der Waals surface area contributed by atoms with Crippen molar-refractivity contribution in [3.05, 3.63) is 98.6 Å². The molecule has 3 aromatic rings. The fourth-order valence-corrected chi connectivity index (χ4v) is 4.32. The highest BCUT2D eigenvalue weighted by Gasteiger charge is 2.35. The summed E-state index contributed by atoms with van der Waals surface area (Å²) >= 11 is 4.24. The molecule has 33 heavy (non-hydrogen) atoms. The van der Waals surface area contributed by atoms with Crippen LogP contribution in [-0.4, -0.2) is 23.2 Å². The average Bonchev–Trinajstić information content (AvgIpc) is 3.07. The molecule has 2 amide bonds. The molecule has 1 fully saturated rings. The Balaban J connectivity index is 1.52. The number of hydrogen-bond acceptors (Lipinski definition) is 5. The van der Waals surface area contributed by atoms with E-state index >= 15 is 0 Å². The fourth-order valence-electron chi connectivity index (χ4n) is 3.22. The summed E-state index contributed by atoms with van der Waals surface area (Å²) in [6.45, 7) is 0.227. The van der Waals surface area contributed by atoms with Crippen LogP contribution in [-0.2, 0) is 17.9 Å². The van der Waals surface area contributed by atoms with Crippen LogP contribution in [0.4, 0.5) is 9.18 Å². The molecule has 4 rings (SSSR count). The van der Waals surface area contributed by atoms with E-state index in [0.29, 0.717) is 23.7 Å². The summed E-state index contributed by atoms with van der Waals surface area (Å²) in [5, 5.41) is -0.435. The van der Waals surface area contributed by atoms with E-state index in [1.54, 1.807) is 49.6 Å². The predicted octanol–water partition coefficient (Wildman–Crippen LogP) is 6.41. The number of thioether (sulfide) groups is 1. The Morgan fingerprint density at radius 1 is 1.03 bits per heavy atom. The van der Waals surface area contributed by atoms with Crippen LogP contribution in [0.1, 0.15) is 16.7 Å². The van der Waals surface area contributed by atoms with Gasteiger partial charge in [0.2, 0.25) is 0 Å². The standard InChI is InChI=1S/C25H19BrFNO4S/c1-31-21-11-8-17(12-22(21)32-15-16-6-9-19(26)10-7-16)13-23-24(29)28(25(30)33-23)14-18-4-2-3-5-20(18)27/h2-13H,14-15H2,1H3/b23-13-. The van der Waals surface area contributed by atoms with Gasteiger partial charge in [0.1, 0.15) is 12.4 Å².